The Morgan fingerprint density at radius 3 is 1.04 bits per heavy atom. The molecule has 0 radical (unpaired) electrons. The van der Waals surface area contributed by atoms with Crippen LogP contribution in [0, 0.1) is 0 Å². The fourth-order valence-electron chi connectivity index (χ4n) is 11.0. The lowest BCUT2D eigenvalue weighted by Crippen LogP contribution is -2.45. The number of carbonyl (C=O) groups excluding carboxylic acids is 1. The lowest BCUT2D eigenvalue weighted by Gasteiger charge is -2.25. The van der Waals surface area contributed by atoms with E-state index < -0.39 is 20.0 Å². The van der Waals surface area contributed by atoms with Gasteiger partial charge in [-0.25, -0.2) is 4.57 Å². The number of carbonyl (C=O) groups is 1. The van der Waals surface area contributed by atoms with Gasteiger partial charge in [0.1, 0.15) is 13.2 Å². The SMILES string of the molecule is CCCCCCC/C=C\C/C=C\C/C=C\CCCCCCCCCCCCCCCCCCC(=O)NC(COP(=O)(O)OCC[N+](C)(C)C)C(O)/C=C/CC/C=C/CCCCCCCCCCCCCCCCCCCCCCCCCCC. The standard InChI is InChI=1S/C75H143N2O6P/c1-6-8-10-12-14-16-18-20-22-24-26-28-30-32-34-36-38-40-42-44-46-48-50-52-54-56-58-60-62-64-66-68-74(78)73(72-83-84(80,81)82-71-70-77(3,4)5)76-75(79)69-67-65-63-61-59-57-55-53-51-49-47-45-43-41-39-37-35-33-31-29-27-25-23-21-19-17-15-13-11-9-7-2/h19,21,25,27,31,33,58,60,66,68,73-74,78H,6-18,20,22-24,26,28-30,32,34-57,59,61-65,67,69-72H2,1-5H3,(H-,76,79,80,81)/p+1/b21-19-,27-25-,33-31-,60-58+,68-66+. The molecule has 0 heterocycles. The molecule has 8 nitrogen and oxygen atoms in total. The van der Waals surface area contributed by atoms with Crippen LogP contribution in [0.4, 0.5) is 0 Å². The first-order chi connectivity index (χ1) is 41.0. The van der Waals surface area contributed by atoms with Gasteiger partial charge in [-0.05, 0) is 70.6 Å². The molecule has 3 unspecified atom stereocenters. The number of phosphoric ester groups is 1. The number of rotatable bonds is 68. The van der Waals surface area contributed by atoms with Gasteiger partial charge in [-0.15, -0.1) is 0 Å². The summed E-state index contributed by atoms with van der Waals surface area (Å²) in [4.78, 5) is 23.4. The number of hydrogen-bond acceptors (Lipinski definition) is 5. The molecule has 0 aliphatic heterocycles. The second-order valence-electron chi connectivity index (χ2n) is 26.3. The van der Waals surface area contributed by atoms with Crippen LogP contribution in [-0.2, 0) is 18.4 Å². The van der Waals surface area contributed by atoms with E-state index in [2.05, 4.69) is 67.8 Å². The van der Waals surface area contributed by atoms with E-state index in [1.165, 1.54) is 289 Å². The summed E-state index contributed by atoms with van der Waals surface area (Å²) in [7, 11) is 1.56. The van der Waals surface area contributed by atoms with Gasteiger partial charge in [-0.2, -0.15) is 0 Å². The van der Waals surface area contributed by atoms with Gasteiger partial charge in [-0.1, -0.05) is 344 Å². The highest BCUT2D eigenvalue weighted by Crippen LogP contribution is 2.43. The van der Waals surface area contributed by atoms with Crippen molar-refractivity contribution in [2.75, 3.05) is 40.9 Å². The number of aliphatic hydroxyl groups excluding tert-OH is 1. The van der Waals surface area contributed by atoms with Gasteiger partial charge in [0.2, 0.25) is 5.91 Å². The van der Waals surface area contributed by atoms with E-state index in [1.54, 1.807) is 6.08 Å². The van der Waals surface area contributed by atoms with E-state index >= 15 is 0 Å². The van der Waals surface area contributed by atoms with E-state index in [4.69, 9.17) is 9.05 Å². The highest BCUT2D eigenvalue weighted by Gasteiger charge is 2.28. The monoisotopic (exact) mass is 1200 g/mol. The molecule has 0 aromatic rings. The smallest absolute Gasteiger partial charge is 0.387 e. The molecular formula is C75H144N2O6P+. The average Bonchev–Trinajstić information content (AvgIpc) is 3.56. The number of unbranched alkanes of at least 4 members (excludes halogenated alkanes) is 47. The summed E-state index contributed by atoms with van der Waals surface area (Å²) in [5.41, 5.74) is 0. The van der Waals surface area contributed by atoms with Gasteiger partial charge in [-0.3, -0.25) is 13.8 Å². The van der Waals surface area contributed by atoms with Crippen molar-refractivity contribution >= 4 is 13.7 Å². The molecule has 494 valence electrons. The number of nitrogens with one attached hydrogen (secondary N) is 1. The number of hydrogen-bond donors (Lipinski definition) is 3. The van der Waals surface area contributed by atoms with Crippen molar-refractivity contribution < 1.29 is 32.9 Å². The second-order valence-corrected chi connectivity index (χ2v) is 27.8. The molecule has 0 rings (SSSR count). The molecular weight excluding hydrogens is 1060 g/mol. The van der Waals surface area contributed by atoms with Crippen LogP contribution in [0.1, 0.15) is 361 Å². The van der Waals surface area contributed by atoms with E-state index in [9.17, 15) is 19.4 Å². The van der Waals surface area contributed by atoms with Crippen LogP contribution in [-0.4, -0.2) is 73.4 Å². The Balaban J connectivity index is 4.07. The molecule has 0 aliphatic rings. The lowest BCUT2D eigenvalue weighted by atomic mass is 10.0. The zero-order valence-corrected chi connectivity index (χ0v) is 57.5. The Bertz CT molecular complexity index is 1550. The maximum absolute atomic E-state index is 13.1. The van der Waals surface area contributed by atoms with Crippen LogP contribution in [0.5, 0.6) is 0 Å². The molecule has 0 bridgehead atoms. The topological polar surface area (TPSA) is 105 Å². The number of aliphatic hydroxyl groups is 1. The highest BCUT2D eigenvalue weighted by atomic mass is 31.2. The minimum atomic E-state index is -4.37. The molecule has 3 N–H and O–H groups in total. The summed E-state index contributed by atoms with van der Waals surface area (Å²) in [5.74, 6) is -0.182. The van der Waals surface area contributed by atoms with Gasteiger partial charge in [0.25, 0.3) is 0 Å². The molecule has 84 heavy (non-hydrogen) atoms. The third-order valence-electron chi connectivity index (χ3n) is 16.7. The van der Waals surface area contributed by atoms with Crippen LogP contribution in [0.3, 0.4) is 0 Å². The van der Waals surface area contributed by atoms with E-state index in [-0.39, 0.29) is 19.1 Å². The lowest BCUT2D eigenvalue weighted by molar-refractivity contribution is -0.870. The Morgan fingerprint density at radius 2 is 0.690 bits per heavy atom. The van der Waals surface area contributed by atoms with Gasteiger partial charge >= 0.3 is 7.82 Å². The Kier molecular flexibility index (Phi) is 64.2. The fraction of sp³-hybridized carbons (Fsp3) is 0.853. The first-order valence-electron chi connectivity index (χ1n) is 36.7. The quantitative estimate of drug-likeness (QED) is 0.0243. The number of quaternary nitrogens is 1. The van der Waals surface area contributed by atoms with Gasteiger partial charge in [0.15, 0.2) is 0 Å². The average molecular weight is 1200 g/mol. The molecule has 0 aromatic heterocycles. The van der Waals surface area contributed by atoms with Crippen molar-refractivity contribution in [1.29, 1.82) is 0 Å². The van der Waals surface area contributed by atoms with Crippen molar-refractivity contribution in [3.05, 3.63) is 60.8 Å². The van der Waals surface area contributed by atoms with Crippen molar-refractivity contribution in [2.24, 2.45) is 0 Å². The molecule has 3 atom stereocenters. The maximum atomic E-state index is 13.1. The molecule has 0 spiro atoms. The Hall–Kier alpha value is -1.80. The van der Waals surface area contributed by atoms with Crippen LogP contribution < -0.4 is 5.32 Å². The predicted octanol–water partition coefficient (Wildman–Crippen LogP) is 23.6. The highest BCUT2D eigenvalue weighted by molar-refractivity contribution is 7.47. The largest absolute Gasteiger partial charge is 0.472 e. The fourth-order valence-corrected chi connectivity index (χ4v) is 11.7. The molecule has 0 saturated heterocycles. The van der Waals surface area contributed by atoms with Gasteiger partial charge in [0.05, 0.1) is 39.9 Å². The number of nitrogens with zero attached hydrogens (tertiary/aromatic N) is 1. The Labute approximate surface area is 523 Å². The molecule has 0 saturated carbocycles. The summed E-state index contributed by atoms with van der Waals surface area (Å²) >= 11 is 0. The van der Waals surface area contributed by atoms with Gasteiger partial charge in [0, 0.05) is 6.42 Å². The third kappa shape index (κ3) is 67.7. The molecule has 0 fully saturated rings. The number of amides is 1. The van der Waals surface area contributed by atoms with E-state index in [0.717, 1.165) is 51.4 Å². The van der Waals surface area contributed by atoms with Crippen LogP contribution in [0.15, 0.2) is 60.8 Å². The van der Waals surface area contributed by atoms with Gasteiger partial charge < -0.3 is 19.8 Å². The summed E-state index contributed by atoms with van der Waals surface area (Å²) in [6, 6.07) is -0.867. The zero-order valence-electron chi connectivity index (χ0n) is 56.7. The van der Waals surface area contributed by atoms with Crippen LogP contribution in [0.25, 0.3) is 0 Å². The molecule has 0 aliphatic carbocycles. The summed E-state index contributed by atoms with van der Waals surface area (Å²) in [6.07, 6.45) is 91.0. The summed E-state index contributed by atoms with van der Waals surface area (Å²) < 4.78 is 23.8. The molecule has 0 aromatic carbocycles. The summed E-state index contributed by atoms with van der Waals surface area (Å²) in [5, 5.41) is 14.0. The number of allylic oxidation sites excluding steroid dienone is 9. The molecule has 9 heteroatoms. The zero-order chi connectivity index (χ0) is 61.2. The normalized spacial score (nSPS) is 13.9. The minimum absolute atomic E-state index is 0.0559. The van der Waals surface area contributed by atoms with Crippen LogP contribution in [0.2, 0.25) is 0 Å². The van der Waals surface area contributed by atoms with Crippen molar-refractivity contribution in [2.45, 2.75) is 373 Å². The first kappa shape index (κ1) is 82.2. The van der Waals surface area contributed by atoms with Crippen molar-refractivity contribution in [3.8, 4) is 0 Å². The number of phosphoric acid groups is 1. The van der Waals surface area contributed by atoms with Crippen molar-refractivity contribution in [3.63, 3.8) is 0 Å². The Morgan fingerprint density at radius 1 is 0.405 bits per heavy atom. The predicted molar refractivity (Wildman–Crippen MR) is 369 cm³/mol. The minimum Gasteiger partial charge on any atom is -0.387 e. The number of likely N-dealkylation sites (N-methyl/N-ethyl adjacent to an activating group) is 1. The molecule has 1 amide bonds. The van der Waals surface area contributed by atoms with Crippen LogP contribution >= 0.6 is 7.82 Å². The second kappa shape index (κ2) is 65.6. The third-order valence-corrected chi connectivity index (χ3v) is 17.7. The van der Waals surface area contributed by atoms with E-state index in [1.807, 2.05) is 27.2 Å². The van der Waals surface area contributed by atoms with Crippen molar-refractivity contribution in [1.82, 2.24) is 5.32 Å². The van der Waals surface area contributed by atoms with E-state index in [0.29, 0.717) is 17.4 Å². The summed E-state index contributed by atoms with van der Waals surface area (Å²) in [6.45, 7) is 4.83. The first-order valence-corrected chi connectivity index (χ1v) is 38.2. The maximum Gasteiger partial charge on any atom is 0.472 e.